The lowest BCUT2D eigenvalue weighted by molar-refractivity contribution is -0.118. The zero-order valence-corrected chi connectivity index (χ0v) is 7.62. The Balaban J connectivity index is 0. The van der Waals surface area contributed by atoms with E-state index in [9.17, 15) is 4.79 Å². The van der Waals surface area contributed by atoms with Crippen LogP contribution < -0.4 is 5.73 Å². The standard InChI is InChI=1S/C7H15NO.ClH/c1-7(2,3)5-4-6(8)9;/h4-5H2,1-3H3,(H2,8,9);1H. The van der Waals surface area contributed by atoms with E-state index >= 15 is 0 Å². The van der Waals surface area contributed by atoms with Crippen LogP contribution in [-0.4, -0.2) is 5.91 Å². The van der Waals surface area contributed by atoms with Gasteiger partial charge in [-0.15, -0.1) is 12.4 Å². The summed E-state index contributed by atoms with van der Waals surface area (Å²) in [7, 11) is 0. The number of halogens is 1. The van der Waals surface area contributed by atoms with Gasteiger partial charge in [-0.25, -0.2) is 0 Å². The molecule has 0 spiro atoms. The molecule has 0 heterocycles. The lowest BCUT2D eigenvalue weighted by Gasteiger charge is -2.15. The fourth-order valence-corrected chi connectivity index (χ4v) is 0.498. The molecule has 2 N–H and O–H groups in total. The molecular weight excluding hydrogens is 150 g/mol. The maximum absolute atomic E-state index is 10.3. The Bertz CT molecular complexity index is 107. The molecule has 0 atom stereocenters. The van der Waals surface area contributed by atoms with Gasteiger partial charge in [0.05, 0.1) is 0 Å². The van der Waals surface area contributed by atoms with Crippen LogP contribution in [0.3, 0.4) is 0 Å². The minimum Gasteiger partial charge on any atom is -0.370 e. The maximum atomic E-state index is 10.3. The number of carbonyl (C=O) groups excluding carboxylic acids is 1. The molecule has 3 heteroatoms. The zero-order chi connectivity index (χ0) is 7.49. The average Bonchev–Trinajstić information content (AvgIpc) is 1.59. The Morgan fingerprint density at radius 2 is 1.80 bits per heavy atom. The van der Waals surface area contributed by atoms with Gasteiger partial charge in [0.1, 0.15) is 0 Å². The second kappa shape index (κ2) is 4.56. The molecule has 62 valence electrons. The van der Waals surface area contributed by atoms with Crippen molar-refractivity contribution in [2.75, 3.05) is 0 Å². The monoisotopic (exact) mass is 165 g/mol. The molecule has 2 nitrogen and oxygen atoms in total. The predicted octanol–water partition coefficient (Wildman–Crippen LogP) is 1.72. The Hall–Kier alpha value is -0.240. The van der Waals surface area contributed by atoms with E-state index < -0.39 is 0 Å². The van der Waals surface area contributed by atoms with Gasteiger partial charge in [-0.2, -0.15) is 0 Å². The van der Waals surface area contributed by atoms with E-state index in [2.05, 4.69) is 20.8 Å². The highest BCUT2D eigenvalue weighted by molar-refractivity contribution is 5.85. The molecule has 0 unspecified atom stereocenters. The van der Waals surface area contributed by atoms with Crippen LogP contribution in [0, 0.1) is 5.41 Å². The summed E-state index contributed by atoms with van der Waals surface area (Å²) >= 11 is 0. The quantitative estimate of drug-likeness (QED) is 0.666. The van der Waals surface area contributed by atoms with E-state index in [1.807, 2.05) is 0 Å². The molecule has 0 aliphatic heterocycles. The molecule has 0 aliphatic carbocycles. The second-order valence-electron chi connectivity index (χ2n) is 3.53. The normalized spacial score (nSPS) is 10.3. The third-order valence-corrected chi connectivity index (χ3v) is 1.12. The first-order valence-corrected chi connectivity index (χ1v) is 3.20. The van der Waals surface area contributed by atoms with Crippen molar-refractivity contribution in [3.63, 3.8) is 0 Å². The fourth-order valence-electron chi connectivity index (χ4n) is 0.498. The van der Waals surface area contributed by atoms with Gasteiger partial charge in [-0.05, 0) is 11.8 Å². The van der Waals surface area contributed by atoms with Crippen molar-refractivity contribution in [2.45, 2.75) is 33.6 Å². The van der Waals surface area contributed by atoms with Crippen molar-refractivity contribution in [1.82, 2.24) is 0 Å². The predicted molar refractivity (Wildman–Crippen MR) is 45.1 cm³/mol. The van der Waals surface area contributed by atoms with E-state index in [-0.39, 0.29) is 23.7 Å². The summed E-state index contributed by atoms with van der Waals surface area (Å²) < 4.78 is 0. The molecule has 1 amide bonds. The number of carbonyl (C=O) groups is 1. The number of rotatable bonds is 2. The van der Waals surface area contributed by atoms with E-state index in [4.69, 9.17) is 5.73 Å². The van der Waals surface area contributed by atoms with E-state index in [1.165, 1.54) is 0 Å². The van der Waals surface area contributed by atoms with Crippen LogP contribution >= 0.6 is 12.4 Å². The summed E-state index contributed by atoms with van der Waals surface area (Å²) in [5, 5.41) is 0. The molecule has 0 aromatic heterocycles. The minimum atomic E-state index is -0.204. The number of hydrogen-bond donors (Lipinski definition) is 1. The largest absolute Gasteiger partial charge is 0.370 e. The molecule has 0 saturated heterocycles. The van der Waals surface area contributed by atoms with Gasteiger partial charge in [0.25, 0.3) is 0 Å². The van der Waals surface area contributed by atoms with Crippen LogP contribution in [0.25, 0.3) is 0 Å². The topological polar surface area (TPSA) is 43.1 Å². The van der Waals surface area contributed by atoms with Gasteiger partial charge in [-0.3, -0.25) is 4.79 Å². The number of primary amides is 1. The molecule has 0 aromatic rings. The van der Waals surface area contributed by atoms with Crippen molar-refractivity contribution in [1.29, 1.82) is 0 Å². The van der Waals surface area contributed by atoms with E-state index in [1.54, 1.807) is 0 Å². The Morgan fingerprint density at radius 1 is 1.40 bits per heavy atom. The fraction of sp³-hybridized carbons (Fsp3) is 0.857. The van der Waals surface area contributed by atoms with E-state index in [0.29, 0.717) is 6.42 Å². The number of amides is 1. The van der Waals surface area contributed by atoms with Gasteiger partial charge in [-0.1, -0.05) is 20.8 Å². The van der Waals surface area contributed by atoms with Crippen LogP contribution in [0.15, 0.2) is 0 Å². The number of nitrogens with two attached hydrogens (primary N) is 1. The van der Waals surface area contributed by atoms with Crippen molar-refractivity contribution in [3.8, 4) is 0 Å². The first-order chi connectivity index (χ1) is 3.92. The molecule has 0 aromatic carbocycles. The van der Waals surface area contributed by atoms with Crippen molar-refractivity contribution >= 4 is 18.3 Å². The minimum absolute atomic E-state index is 0. The average molecular weight is 166 g/mol. The molecule has 0 saturated carbocycles. The lowest BCUT2D eigenvalue weighted by Crippen LogP contribution is -2.14. The van der Waals surface area contributed by atoms with Crippen LogP contribution in [0.2, 0.25) is 0 Å². The summed E-state index contributed by atoms with van der Waals surface area (Å²) in [6.07, 6.45) is 1.38. The smallest absolute Gasteiger partial charge is 0.217 e. The van der Waals surface area contributed by atoms with Crippen LogP contribution in [0.4, 0.5) is 0 Å². The van der Waals surface area contributed by atoms with Crippen molar-refractivity contribution in [3.05, 3.63) is 0 Å². The van der Waals surface area contributed by atoms with Gasteiger partial charge in [0, 0.05) is 6.42 Å². The molecule has 0 bridgehead atoms. The van der Waals surface area contributed by atoms with Gasteiger partial charge in [0.15, 0.2) is 0 Å². The molecule has 10 heavy (non-hydrogen) atoms. The highest BCUT2D eigenvalue weighted by atomic mass is 35.5. The SMILES string of the molecule is CC(C)(C)CCC(N)=O.Cl. The Labute approximate surface area is 68.6 Å². The van der Waals surface area contributed by atoms with Crippen LogP contribution in [0.5, 0.6) is 0 Å². The van der Waals surface area contributed by atoms with Gasteiger partial charge < -0.3 is 5.73 Å². The molecule has 0 rings (SSSR count). The highest BCUT2D eigenvalue weighted by Gasteiger charge is 2.10. The summed E-state index contributed by atoms with van der Waals surface area (Å²) in [6, 6.07) is 0. The summed E-state index contributed by atoms with van der Waals surface area (Å²) in [5.41, 5.74) is 5.19. The lowest BCUT2D eigenvalue weighted by atomic mass is 9.90. The van der Waals surface area contributed by atoms with Crippen molar-refractivity contribution < 1.29 is 4.79 Å². The molecule has 0 fully saturated rings. The highest BCUT2D eigenvalue weighted by Crippen LogP contribution is 2.19. The first kappa shape index (κ1) is 12.4. The third kappa shape index (κ3) is 10.7. The first-order valence-electron chi connectivity index (χ1n) is 3.20. The Kier molecular flexibility index (Phi) is 5.67. The van der Waals surface area contributed by atoms with Crippen molar-refractivity contribution in [2.24, 2.45) is 11.1 Å². The van der Waals surface area contributed by atoms with Crippen LogP contribution in [-0.2, 0) is 4.79 Å². The van der Waals surface area contributed by atoms with Gasteiger partial charge >= 0.3 is 0 Å². The second-order valence-corrected chi connectivity index (χ2v) is 3.53. The summed E-state index contributed by atoms with van der Waals surface area (Å²) in [4.78, 5) is 10.3. The molecular formula is C7H16ClNO. The summed E-state index contributed by atoms with van der Waals surface area (Å²) in [6.45, 7) is 6.28. The molecule has 0 aliphatic rings. The Morgan fingerprint density at radius 3 is 1.90 bits per heavy atom. The van der Waals surface area contributed by atoms with E-state index in [0.717, 1.165) is 6.42 Å². The number of hydrogen-bond acceptors (Lipinski definition) is 1. The van der Waals surface area contributed by atoms with Gasteiger partial charge in [0.2, 0.25) is 5.91 Å². The maximum Gasteiger partial charge on any atom is 0.217 e. The summed E-state index contributed by atoms with van der Waals surface area (Å²) in [5.74, 6) is -0.204. The third-order valence-electron chi connectivity index (χ3n) is 1.12. The zero-order valence-electron chi connectivity index (χ0n) is 6.81. The van der Waals surface area contributed by atoms with Crippen LogP contribution in [0.1, 0.15) is 33.6 Å². The molecule has 0 radical (unpaired) electrons.